The van der Waals surface area contributed by atoms with Gasteiger partial charge in [-0.3, -0.25) is 4.79 Å². The van der Waals surface area contributed by atoms with E-state index in [-0.39, 0.29) is 42.1 Å². The van der Waals surface area contributed by atoms with E-state index in [0.29, 0.717) is 37.8 Å². The van der Waals surface area contributed by atoms with Gasteiger partial charge in [0.2, 0.25) is 5.91 Å². The van der Waals surface area contributed by atoms with Crippen LogP contribution in [0.15, 0.2) is 24.3 Å². The Morgan fingerprint density at radius 2 is 1.59 bits per heavy atom. The van der Waals surface area contributed by atoms with Gasteiger partial charge >= 0.3 is 12.5 Å². The second kappa shape index (κ2) is 9.23. The maximum absolute atomic E-state index is 13.1. The minimum Gasteiger partial charge on any atom is -0.445 e. The van der Waals surface area contributed by atoms with E-state index in [2.05, 4.69) is 21.1 Å². The van der Waals surface area contributed by atoms with Gasteiger partial charge in [-0.15, -0.1) is 13.2 Å². The summed E-state index contributed by atoms with van der Waals surface area (Å²) in [4.78, 5) is 29.2. The Labute approximate surface area is 194 Å². The van der Waals surface area contributed by atoms with E-state index in [4.69, 9.17) is 4.74 Å². The molecule has 0 radical (unpaired) electrons. The van der Waals surface area contributed by atoms with Crippen LogP contribution in [0.1, 0.15) is 24.8 Å². The fourth-order valence-electron chi connectivity index (χ4n) is 5.56. The van der Waals surface area contributed by atoms with Gasteiger partial charge < -0.3 is 19.3 Å². The molecular formula is C22H28F3N5O4. The number of hydrogen-bond donors (Lipinski definition) is 3. The Morgan fingerprint density at radius 3 is 2.26 bits per heavy atom. The van der Waals surface area contributed by atoms with Crippen LogP contribution in [0.5, 0.6) is 5.75 Å². The number of rotatable bonds is 4. The van der Waals surface area contributed by atoms with Gasteiger partial charge in [-0.25, -0.2) is 15.6 Å². The predicted molar refractivity (Wildman–Crippen MR) is 113 cm³/mol. The lowest BCUT2D eigenvalue weighted by Gasteiger charge is -2.32. The highest BCUT2D eigenvalue weighted by Gasteiger charge is 2.46. The molecule has 4 fully saturated rings. The monoisotopic (exact) mass is 483 g/mol. The Hall–Kier alpha value is -2.57. The first-order chi connectivity index (χ1) is 16.2. The van der Waals surface area contributed by atoms with Crippen molar-refractivity contribution in [1.82, 2.24) is 26.2 Å². The zero-order valence-corrected chi connectivity index (χ0v) is 18.5. The molecule has 0 aromatic heterocycles. The summed E-state index contributed by atoms with van der Waals surface area (Å²) in [5, 5.41) is 0. The fourth-order valence-corrected chi connectivity index (χ4v) is 5.56. The van der Waals surface area contributed by atoms with Crippen molar-refractivity contribution in [3.05, 3.63) is 29.8 Å². The number of carbonyl (C=O) groups excluding carboxylic acids is 2. The third kappa shape index (κ3) is 5.08. The van der Waals surface area contributed by atoms with E-state index >= 15 is 0 Å². The molecule has 3 unspecified atom stereocenters. The van der Waals surface area contributed by atoms with Crippen LogP contribution in [-0.2, 0) is 16.1 Å². The van der Waals surface area contributed by atoms with Gasteiger partial charge in [0.25, 0.3) is 0 Å². The van der Waals surface area contributed by atoms with Crippen molar-refractivity contribution in [3.8, 4) is 5.75 Å². The highest BCUT2D eigenvalue weighted by molar-refractivity contribution is 5.79. The minimum atomic E-state index is -4.75. The average molecular weight is 483 g/mol. The van der Waals surface area contributed by atoms with Crippen LogP contribution in [0.25, 0.3) is 0 Å². The summed E-state index contributed by atoms with van der Waals surface area (Å²) in [5.41, 5.74) is 9.89. The first-order valence-corrected chi connectivity index (χ1v) is 11.6. The number of likely N-dealkylation sites (tertiary alicyclic amines) is 2. The summed E-state index contributed by atoms with van der Waals surface area (Å²) in [6, 6.07) is 5.86. The summed E-state index contributed by atoms with van der Waals surface area (Å²) >= 11 is 0. The molecule has 3 saturated heterocycles. The third-order valence-electron chi connectivity index (χ3n) is 7.29. The fraction of sp³-hybridized carbons (Fsp3) is 0.636. The van der Waals surface area contributed by atoms with Crippen molar-refractivity contribution in [3.63, 3.8) is 0 Å². The molecule has 3 heterocycles. The van der Waals surface area contributed by atoms with Gasteiger partial charge in [0.15, 0.2) is 0 Å². The lowest BCUT2D eigenvalue weighted by atomic mass is 9.82. The number of ether oxygens (including phenoxy) is 2. The number of halogens is 3. The van der Waals surface area contributed by atoms with Crippen LogP contribution < -0.4 is 21.1 Å². The number of hydrogen-bond acceptors (Lipinski definition) is 7. The third-order valence-corrected chi connectivity index (χ3v) is 7.29. The zero-order chi connectivity index (χ0) is 23.9. The molecule has 1 aromatic carbocycles. The van der Waals surface area contributed by atoms with E-state index in [9.17, 15) is 22.8 Å². The topological polar surface area (TPSA) is 95.2 Å². The number of fused-ring (bicyclic) bond motifs is 2. The largest absolute Gasteiger partial charge is 0.573 e. The quantitative estimate of drug-likeness (QED) is 0.601. The van der Waals surface area contributed by atoms with Gasteiger partial charge in [0.1, 0.15) is 12.4 Å². The number of benzene rings is 1. The average Bonchev–Trinajstić information content (AvgIpc) is 3.51. The smallest absolute Gasteiger partial charge is 0.445 e. The first kappa shape index (κ1) is 23.2. The van der Waals surface area contributed by atoms with Crippen molar-refractivity contribution < 1.29 is 32.2 Å². The van der Waals surface area contributed by atoms with E-state index in [1.165, 1.54) is 24.3 Å². The normalized spacial score (nSPS) is 30.7. The molecule has 1 aromatic rings. The van der Waals surface area contributed by atoms with Gasteiger partial charge in [-0.05, 0) is 37.0 Å². The molecule has 12 heteroatoms. The lowest BCUT2D eigenvalue weighted by Crippen LogP contribution is -2.45. The van der Waals surface area contributed by atoms with E-state index in [1.54, 1.807) is 4.90 Å². The van der Waals surface area contributed by atoms with E-state index < -0.39 is 12.5 Å². The van der Waals surface area contributed by atoms with Crippen molar-refractivity contribution in [1.29, 1.82) is 0 Å². The predicted octanol–water partition coefficient (Wildman–Crippen LogP) is 1.76. The SMILES string of the molecule is O=C(OCc1ccc(OC(F)(F)F)cc1)N1C[C@@H]2CN(C(=O)C3CCC4NNNC4C3)C[C@H]2C1. The second-order valence-electron chi connectivity index (χ2n) is 9.55. The van der Waals surface area contributed by atoms with Crippen LogP contribution in [0, 0.1) is 17.8 Å². The van der Waals surface area contributed by atoms with Crippen molar-refractivity contribution in [2.75, 3.05) is 26.2 Å². The molecule has 34 heavy (non-hydrogen) atoms. The highest BCUT2D eigenvalue weighted by atomic mass is 19.4. The second-order valence-corrected chi connectivity index (χ2v) is 9.55. The molecule has 1 aliphatic carbocycles. The van der Waals surface area contributed by atoms with Crippen molar-refractivity contribution in [2.24, 2.45) is 17.8 Å². The summed E-state index contributed by atoms with van der Waals surface area (Å²) < 4.78 is 45.9. The van der Waals surface area contributed by atoms with E-state index in [1.807, 2.05) is 4.90 Å². The Bertz CT molecular complexity index is 901. The number of alkyl halides is 3. The first-order valence-electron chi connectivity index (χ1n) is 11.6. The Balaban J connectivity index is 1.06. The summed E-state index contributed by atoms with van der Waals surface area (Å²) in [6.45, 7) is 2.35. The van der Waals surface area contributed by atoms with Crippen LogP contribution >= 0.6 is 0 Å². The molecule has 0 spiro atoms. The maximum atomic E-state index is 13.1. The summed E-state index contributed by atoms with van der Waals surface area (Å²) in [6.07, 6.45) is -2.54. The van der Waals surface area contributed by atoms with Crippen LogP contribution in [0.3, 0.4) is 0 Å². The van der Waals surface area contributed by atoms with E-state index in [0.717, 1.165) is 19.3 Å². The number of carbonyl (C=O) groups is 2. The van der Waals surface area contributed by atoms with Crippen molar-refractivity contribution in [2.45, 2.75) is 44.3 Å². The molecule has 9 nitrogen and oxygen atoms in total. The van der Waals surface area contributed by atoms with Crippen LogP contribution in [-0.4, -0.2) is 66.4 Å². The van der Waals surface area contributed by atoms with Gasteiger partial charge in [-0.2, -0.15) is 5.53 Å². The lowest BCUT2D eigenvalue weighted by molar-refractivity contribution is -0.274. The molecular weight excluding hydrogens is 455 g/mol. The molecule has 186 valence electrons. The highest BCUT2D eigenvalue weighted by Crippen LogP contribution is 2.35. The molecule has 5 rings (SSSR count). The molecule has 2 amide bonds. The molecule has 3 N–H and O–H groups in total. The van der Waals surface area contributed by atoms with Crippen LogP contribution in [0.4, 0.5) is 18.0 Å². The molecule has 0 bridgehead atoms. The summed E-state index contributed by atoms with van der Waals surface area (Å²) in [7, 11) is 0. The number of hydrazine groups is 2. The minimum absolute atomic E-state index is 0.0308. The van der Waals surface area contributed by atoms with Gasteiger partial charge in [-0.1, -0.05) is 12.1 Å². The van der Waals surface area contributed by atoms with Crippen molar-refractivity contribution >= 4 is 12.0 Å². The molecule has 5 atom stereocenters. The molecule has 4 aliphatic rings. The van der Waals surface area contributed by atoms with Gasteiger partial charge in [0, 0.05) is 56.0 Å². The molecule has 3 aliphatic heterocycles. The summed E-state index contributed by atoms with van der Waals surface area (Å²) in [5.74, 6) is 0.394. The van der Waals surface area contributed by atoms with Gasteiger partial charge in [0.05, 0.1) is 0 Å². The number of amides is 2. The number of nitrogens with one attached hydrogen (secondary N) is 3. The number of nitrogens with zero attached hydrogens (tertiary/aromatic N) is 2. The van der Waals surface area contributed by atoms with Crippen LogP contribution in [0.2, 0.25) is 0 Å². The maximum Gasteiger partial charge on any atom is 0.573 e. The standard InChI is InChI=1S/C22H28F3N5O4/c23-22(24,25)34-17-4-1-13(2-5-17)12-33-21(32)30-10-15-8-29(9-16(15)11-30)20(31)14-3-6-18-19(7-14)27-28-26-18/h1-2,4-5,14-16,18-19,26-28H,3,6-12H2/t14?,15-,16-,18?,19?/m0/s1. The zero-order valence-electron chi connectivity index (χ0n) is 18.5. The Kier molecular flexibility index (Phi) is 6.30. The molecule has 1 saturated carbocycles. The Morgan fingerprint density at radius 1 is 0.941 bits per heavy atom.